The van der Waals surface area contributed by atoms with Crippen LogP contribution in [0, 0.1) is 20.8 Å². The number of amides is 1. The van der Waals surface area contributed by atoms with Gasteiger partial charge in [-0.25, -0.2) is 13.1 Å². The summed E-state index contributed by atoms with van der Waals surface area (Å²) >= 11 is 6.33. The number of fused-ring (bicyclic) bond motifs is 1. The first-order valence-electron chi connectivity index (χ1n) is 10.6. The van der Waals surface area contributed by atoms with Gasteiger partial charge in [0.2, 0.25) is 0 Å². The highest BCUT2D eigenvalue weighted by molar-refractivity contribution is 7.90. The summed E-state index contributed by atoms with van der Waals surface area (Å²) in [4.78, 5) is 13.5. The van der Waals surface area contributed by atoms with Crippen LogP contribution in [0.2, 0.25) is 5.02 Å². The van der Waals surface area contributed by atoms with E-state index >= 15 is 0 Å². The first-order valence-corrected chi connectivity index (χ1v) is 12.8. The molecule has 174 valence electrons. The maximum Gasteiger partial charge on any atom is 0.262 e. The van der Waals surface area contributed by atoms with Gasteiger partial charge in [0.05, 0.1) is 27.9 Å². The van der Waals surface area contributed by atoms with E-state index in [2.05, 4.69) is 15.6 Å². The SMILES string of the molecule is Cc1ccc(-n2nc3c(c2NC(=O)c2c(-c4ccccc4Cl)noc2C)CS(=O)(=O)C3)cc1C. The second-order valence-corrected chi connectivity index (χ2v) is 10.9. The maximum atomic E-state index is 13.5. The number of aromatic nitrogens is 3. The Morgan fingerprint density at radius 2 is 1.85 bits per heavy atom. The number of nitrogens with one attached hydrogen (secondary N) is 1. The lowest BCUT2D eigenvalue weighted by molar-refractivity contribution is 0.102. The van der Waals surface area contributed by atoms with Crippen molar-refractivity contribution in [2.75, 3.05) is 5.32 Å². The van der Waals surface area contributed by atoms with Crippen LogP contribution in [0.15, 0.2) is 47.0 Å². The van der Waals surface area contributed by atoms with Crippen LogP contribution in [0.3, 0.4) is 0 Å². The van der Waals surface area contributed by atoms with Crippen molar-refractivity contribution in [1.29, 1.82) is 0 Å². The summed E-state index contributed by atoms with van der Waals surface area (Å²) < 4.78 is 31.5. The molecule has 1 aliphatic rings. The van der Waals surface area contributed by atoms with Gasteiger partial charge in [0.15, 0.2) is 9.84 Å². The summed E-state index contributed by atoms with van der Waals surface area (Å²) in [6.07, 6.45) is 0. The number of sulfone groups is 1. The molecule has 0 spiro atoms. The van der Waals surface area contributed by atoms with E-state index in [-0.39, 0.29) is 17.1 Å². The molecule has 2 aromatic carbocycles. The average Bonchev–Trinajstić information content (AvgIpc) is 3.40. The molecule has 8 nitrogen and oxygen atoms in total. The first kappa shape index (κ1) is 22.4. The van der Waals surface area contributed by atoms with Crippen molar-refractivity contribution in [3.05, 3.63) is 81.2 Å². The largest absolute Gasteiger partial charge is 0.360 e. The maximum absolute atomic E-state index is 13.5. The third-order valence-electron chi connectivity index (χ3n) is 5.97. The molecule has 4 aromatic rings. The molecule has 0 fully saturated rings. The lowest BCUT2D eigenvalue weighted by Crippen LogP contribution is -2.18. The predicted molar refractivity (Wildman–Crippen MR) is 129 cm³/mol. The van der Waals surface area contributed by atoms with E-state index in [0.717, 1.165) is 16.8 Å². The van der Waals surface area contributed by atoms with Gasteiger partial charge in [0.25, 0.3) is 5.91 Å². The molecule has 3 heterocycles. The lowest BCUT2D eigenvalue weighted by atomic mass is 10.1. The Bertz CT molecular complexity index is 1570. The molecule has 0 bridgehead atoms. The number of benzene rings is 2. The fourth-order valence-corrected chi connectivity index (χ4v) is 5.78. The second-order valence-electron chi connectivity index (χ2n) is 8.38. The number of nitrogens with zero attached hydrogens (tertiary/aromatic N) is 3. The zero-order chi connectivity index (χ0) is 24.2. The Hall–Kier alpha value is -3.43. The summed E-state index contributed by atoms with van der Waals surface area (Å²) in [6.45, 7) is 5.62. The standard InChI is InChI=1S/C24H21ClN4O4S/c1-13-8-9-16(10-14(13)2)29-23(18-11-34(31,32)12-20(18)27-29)26-24(30)21-15(3)33-28-22(21)17-6-4-5-7-19(17)25/h4-10H,11-12H2,1-3H3,(H,26,30). The van der Waals surface area contributed by atoms with Crippen molar-refractivity contribution < 1.29 is 17.7 Å². The van der Waals surface area contributed by atoms with Crippen molar-refractivity contribution in [2.45, 2.75) is 32.3 Å². The highest BCUT2D eigenvalue weighted by Crippen LogP contribution is 2.35. The molecule has 2 aromatic heterocycles. The molecule has 10 heteroatoms. The zero-order valence-electron chi connectivity index (χ0n) is 18.7. The van der Waals surface area contributed by atoms with Crippen molar-refractivity contribution in [3.63, 3.8) is 0 Å². The predicted octanol–water partition coefficient (Wildman–Crippen LogP) is 4.79. The number of hydrogen-bond donors (Lipinski definition) is 1. The summed E-state index contributed by atoms with van der Waals surface area (Å²) in [7, 11) is -3.33. The highest BCUT2D eigenvalue weighted by atomic mass is 35.5. The molecular weight excluding hydrogens is 476 g/mol. The molecule has 1 amide bonds. The number of carbonyl (C=O) groups is 1. The van der Waals surface area contributed by atoms with Gasteiger partial charge in [0, 0.05) is 11.1 Å². The molecule has 34 heavy (non-hydrogen) atoms. The van der Waals surface area contributed by atoms with Crippen LogP contribution in [0.25, 0.3) is 16.9 Å². The summed E-state index contributed by atoms with van der Waals surface area (Å²) in [6, 6.07) is 12.8. The Labute approximate surface area is 201 Å². The topological polar surface area (TPSA) is 107 Å². The monoisotopic (exact) mass is 496 g/mol. The van der Waals surface area contributed by atoms with E-state index in [1.165, 1.54) is 0 Å². The third-order valence-corrected chi connectivity index (χ3v) is 7.74. The van der Waals surface area contributed by atoms with Gasteiger partial charge in [-0.1, -0.05) is 41.0 Å². The van der Waals surface area contributed by atoms with E-state index < -0.39 is 15.7 Å². The number of carbonyl (C=O) groups excluding carboxylic acids is 1. The number of halogens is 1. The first-order chi connectivity index (χ1) is 16.1. The number of hydrogen-bond acceptors (Lipinski definition) is 6. The molecule has 0 radical (unpaired) electrons. The summed E-state index contributed by atoms with van der Waals surface area (Å²) in [5, 5.41) is 11.9. The van der Waals surface area contributed by atoms with Gasteiger partial charge >= 0.3 is 0 Å². The van der Waals surface area contributed by atoms with Crippen LogP contribution >= 0.6 is 11.6 Å². The van der Waals surface area contributed by atoms with Gasteiger partial charge in [-0.15, -0.1) is 0 Å². The van der Waals surface area contributed by atoms with Crippen LogP contribution in [0.4, 0.5) is 5.82 Å². The minimum Gasteiger partial charge on any atom is -0.360 e. The van der Waals surface area contributed by atoms with Gasteiger partial charge < -0.3 is 9.84 Å². The molecule has 1 aliphatic heterocycles. The third kappa shape index (κ3) is 3.80. The Balaban J connectivity index is 1.61. The van der Waals surface area contributed by atoms with E-state index in [4.69, 9.17) is 16.1 Å². The average molecular weight is 497 g/mol. The zero-order valence-corrected chi connectivity index (χ0v) is 20.3. The molecular formula is C24H21ClN4O4S. The van der Waals surface area contributed by atoms with Gasteiger partial charge in [-0.3, -0.25) is 4.79 Å². The quantitative estimate of drug-likeness (QED) is 0.435. The number of anilines is 1. The van der Waals surface area contributed by atoms with Crippen LogP contribution in [0.1, 0.15) is 38.5 Å². The normalized spacial score (nSPS) is 14.2. The van der Waals surface area contributed by atoms with Gasteiger partial charge in [-0.2, -0.15) is 5.10 Å². The minimum atomic E-state index is -3.33. The fraction of sp³-hybridized carbons (Fsp3) is 0.208. The van der Waals surface area contributed by atoms with Crippen LogP contribution < -0.4 is 5.32 Å². The fourth-order valence-electron chi connectivity index (χ4n) is 4.06. The molecule has 0 unspecified atom stereocenters. The van der Waals surface area contributed by atoms with Crippen molar-refractivity contribution in [1.82, 2.24) is 14.9 Å². The van der Waals surface area contributed by atoms with Crippen LogP contribution in [0.5, 0.6) is 0 Å². The van der Waals surface area contributed by atoms with Crippen LogP contribution in [-0.2, 0) is 21.3 Å². The van der Waals surface area contributed by atoms with E-state index in [1.807, 2.05) is 32.0 Å². The molecule has 5 rings (SSSR count). The molecule has 0 atom stereocenters. The molecule has 0 saturated carbocycles. The van der Waals surface area contributed by atoms with Crippen molar-refractivity contribution >= 4 is 33.2 Å². The van der Waals surface area contributed by atoms with Crippen molar-refractivity contribution in [3.8, 4) is 16.9 Å². The van der Waals surface area contributed by atoms with E-state index in [1.54, 1.807) is 35.9 Å². The molecule has 1 N–H and O–H groups in total. The van der Waals surface area contributed by atoms with E-state index in [9.17, 15) is 13.2 Å². The molecule has 0 saturated heterocycles. The van der Waals surface area contributed by atoms with Gasteiger partial charge in [0.1, 0.15) is 22.8 Å². The number of rotatable bonds is 4. The summed E-state index contributed by atoms with van der Waals surface area (Å²) in [5.41, 5.74) is 4.88. The molecule has 0 aliphatic carbocycles. The minimum absolute atomic E-state index is 0.166. The Morgan fingerprint density at radius 3 is 2.59 bits per heavy atom. The highest BCUT2D eigenvalue weighted by Gasteiger charge is 2.34. The number of aryl methyl sites for hydroxylation is 3. The Kier molecular flexibility index (Phi) is 5.33. The summed E-state index contributed by atoms with van der Waals surface area (Å²) in [5.74, 6) is -0.224. The second kappa shape index (κ2) is 8.11. The van der Waals surface area contributed by atoms with Crippen LogP contribution in [-0.4, -0.2) is 29.3 Å². The lowest BCUT2D eigenvalue weighted by Gasteiger charge is -2.13. The Morgan fingerprint density at radius 1 is 1.09 bits per heavy atom. The van der Waals surface area contributed by atoms with E-state index in [0.29, 0.717) is 39.1 Å². The smallest absolute Gasteiger partial charge is 0.262 e. The van der Waals surface area contributed by atoms with Gasteiger partial charge in [-0.05, 0) is 50.1 Å². The van der Waals surface area contributed by atoms with Crippen molar-refractivity contribution in [2.24, 2.45) is 0 Å².